The lowest BCUT2D eigenvalue weighted by Gasteiger charge is -2.32. The monoisotopic (exact) mass is 660 g/mol. The average molecular weight is 661 g/mol. The van der Waals surface area contributed by atoms with E-state index in [-0.39, 0.29) is 35.0 Å². The van der Waals surface area contributed by atoms with Gasteiger partial charge in [-0.05, 0) is 124 Å². The third-order valence-electron chi connectivity index (χ3n) is 11.5. The van der Waals surface area contributed by atoms with Crippen molar-refractivity contribution in [2.24, 2.45) is 0 Å². The van der Waals surface area contributed by atoms with Crippen molar-refractivity contribution in [3.05, 3.63) is 169 Å². The summed E-state index contributed by atoms with van der Waals surface area (Å²) in [6.45, 7) is 9.44. The Hall–Kier alpha value is -5.46. The molecule has 0 radical (unpaired) electrons. The molecule has 0 bridgehead atoms. The Morgan fingerprint density at radius 1 is 0.412 bits per heavy atom. The highest BCUT2D eigenvalue weighted by Gasteiger charge is 2.36. The van der Waals surface area contributed by atoms with E-state index in [0.29, 0.717) is 10.8 Å². The van der Waals surface area contributed by atoms with Gasteiger partial charge in [0.1, 0.15) is 0 Å². The van der Waals surface area contributed by atoms with E-state index in [1.54, 1.807) is 0 Å². The Morgan fingerprint density at radius 3 is 1.37 bits per heavy atom. The lowest BCUT2D eigenvalue weighted by molar-refractivity contribution is 0.433. The SMILES string of the molecule is [2H]c1c([2H])c([2H])c2c(-c3ccc(-c4ccccc4)c4ccccc34)c3ccccc3c(-c3cc4c(cc3-c3ccccc3)C(C)(C)CCCC4(C)C)c2c1[2H]. The summed E-state index contributed by atoms with van der Waals surface area (Å²) in [4.78, 5) is 0. The van der Waals surface area contributed by atoms with E-state index in [4.69, 9.17) is 2.74 Å². The first-order chi connectivity index (χ1) is 26.5. The van der Waals surface area contributed by atoms with Crippen LogP contribution >= 0.6 is 0 Å². The third kappa shape index (κ3) is 5.20. The minimum Gasteiger partial charge on any atom is -0.0622 e. The van der Waals surface area contributed by atoms with Gasteiger partial charge < -0.3 is 0 Å². The van der Waals surface area contributed by atoms with Crippen molar-refractivity contribution in [2.75, 3.05) is 0 Å². The molecule has 8 aromatic carbocycles. The second-order valence-electron chi connectivity index (χ2n) is 15.5. The fourth-order valence-electron chi connectivity index (χ4n) is 8.85. The molecule has 0 aromatic heterocycles. The predicted octanol–water partition coefficient (Wildman–Crippen LogP) is 14.6. The summed E-state index contributed by atoms with van der Waals surface area (Å²) in [5.74, 6) is 0. The molecular formula is C51H44. The first-order valence-corrected chi connectivity index (χ1v) is 18.2. The highest BCUT2D eigenvalue weighted by Crippen LogP contribution is 2.52. The van der Waals surface area contributed by atoms with Gasteiger partial charge in [0.2, 0.25) is 0 Å². The van der Waals surface area contributed by atoms with E-state index in [1.165, 1.54) is 11.1 Å². The van der Waals surface area contributed by atoms with Gasteiger partial charge in [-0.1, -0.05) is 180 Å². The maximum absolute atomic E-state index is 9.71. The van der Waals surface area contributed by atoms with Crippen molar-refractivity contribution in [3.63, 3.8) is 0 Å². The van der Waals surface area contributed by atoms with Crippen molar-refractivity contribution in [3.8, 4) is 44.5 Å². The van der Waals surface area contributed by atoms with Gasteiger partial charge in [0.15, 0.2) is 0 Å². The number of fused-ring (bicyclic) bond motifs is 4. The smallest absolute Gasteiger partial charge is 0.0622 e. The van der Waals surface area contributed by atoms with Gasteiger partial charge in [-0.3, -0.25) is 0 Å². The van der Waals surface area contributed by atoms with Crippen LogP contribution in [0.3, 0.4) is 0 Å². The van der Waals surface area contributed by atoms with E-state index in [1.807, 2.05) is 12.1 Å². The maximum atomic E-state index is 9.71. The quantitative estimate of drug-likeness (QED) is 0.130. The lowest BCUT2D eigenvalue weighted by Crippen LogP contribution is -2.22. The molecule has 0 spiro atoms. The Labute approximate surface area is 308 Å². The minimum atomic E-state index is -0.224. The van der Waals surface area contributed by atoms with Crippen LogP contribution in [-0.4, -0.2) is 0 Å². The molecular weight excluding hydrogens is 613 g/mol. The van der Waals surface area contributed by atoms with Crippen molar-refractivity contribution in [2.45, 2.75) is 57.8 Å². The predicted molar refractivity (Wildman–Crippen MR) is 221 cm³/mol. The van der Waals surface area contributed by atoms with E-state index >= 15 is 0 Å². The van der Waals surface area contributed by atoms with E-state index in [9.17, 15) is 2.74 Å². The van der Waals surface area contributed by atoms with E-state index < -0.39 is 0 Å². The van der Waals surface area contributed by atoms with Crippen LogP contribution in [-0.2, 0) is 10.8 Å². The topological polar surface area (TPSA) is 0 Å². The first-order valence-electron chi connectivity index (χ1n) is 20.2. The fourth-order valence-corrected chi connectivity index (χ4v) is 8.85. The zero-order valence-electron chi connectivity index (χ0n) is 33.8. The molecule has 9 rings (SSSR count). The van der Waals surface area contributed by atoms with Crippen LogP contribution < -0.4 is 0 Å². The number of hydrogen-bond donors (Lipinski definition) is 0. The Bertz CT molecular complexity index is 2810. The van der Waals surface area contributed by atoms with Crippen LogP contribution in [0.15, 0.2) is 158 Å². The van der Waals surface area contributed by atoms with Gasteiger partial charge in [-0.15, -0.1) is 0 Å². The third-order valence-corrected chi connectivity index (χ3v) is 11.5. The van der Waals surface area contributed by atoms with Gasteiger partial charge in [0, 0.05) is 0 Å². The maximum Gasteiger partial charge on any atom is 0.0629 e. The summed E-state index contributed by atoms with van der Waals surface area (Å²) >= 11 is 0. The second kappa shape index (κ2) is 12.1. The second-order valence-corrected chi connectivity index (χ2v) is 15.5. The van der Waals surface area contributed by atoms with Crippen molar-refractivity contribution >= 4 is 32.3 Å². The van der Waals surface area contributed by atoms with Crippen LogP contribution in [0.1, 0.15) is 63.6 Å². The van der Waals surface area contributed by atoms with Gasteiger partial charge in [0.25, 0.3) is 0 Å². The molecule has 0 atom stereocenters. The molecule has 8 aromatic rings. The van der Waals surface area contributed by atoms with Crippen LogP contribution in [0.4, 0.5) is 0 Å². The molecule has 0 heterocycles. The summed E-state index contributed by atoms with van der Waals surface area (Å²) in [5, 5.41) is 5.16. The van der Waals surface area contributed by atoms with E-state index in [2.05, 4.69) is 149 Å². The largest absolute Gasteiger partial charge is 0.0629 e. The molecule has 0 heteroatoms. The summed E-state index contributed by atoms with van der Waals surface area (Å²) in [7, 11) is 0. The standard InChI is InChI=1S/C51H44/c1-50(2)30-17-31-51(3,4)47-33-45(44(32-46(47)50)35-20-9-6-10-21-35)49-41-26-15-13-24-39(41)48(40-25-14-16-27-42(40)49)43-29-28-36(34-18-7-5-8-19-34)37-22-11-12-23-38(37)43/h5-16,18-29,32-33H,17,30-31H2,1-4H3/i13D,15D,24D,26D. The molecule has 0 N–H and O–H groups in total. The lowest BCUT2D eigenvalue weighted by atomic mass is 9.72. The molecule has 1 aliphatic rings. The fraction of sp³-hybridized carbons (Fsp3) is 0.176. The molecule has 0 fully saturated rings. The number of rotatable bonds is 4. The van der Waals surface area contributed by atoms with Crippen molar-refractivity contribution in [1.82, 2.24) is 0 Å². The molecule has 0 nitrogen and oxygen atoms in total. The van der Waals surface area contributed by atoms with Crippen molar-refractivity contribution in [1.29, 1.82) is 0 Å². The first kappa shape index (κ1) is 27.3. The zero-order chi connectivity index (χ0) is 38.2. The molecule has 248 valence electrons. The van der Waals surface area contributed by atoms with Crippen molar-refractivity contribution < 1.29 is 5.48 Å². The minimum absolute atomic E-state index is 0.0169. The number of benzene rings is 8. The van der Waals surface area contributed by atoms with Crippen LogP contribution in [0.2, 0.25) is 0 Å². The summed E-state index contributed by atoms with van der Waals surface area (Å²) in [5.41, 5.74) is 10.6. The molecule has 0 unspecified atom stereocenters. The summed E-state index contributed by atoms with van der Waals surface area (Å²) in [6, 6.07) is 46.3. The van der Waals surface area contributed by atoms with Gasteiger partial charge in [-0.25, -0.2) is 0 Å². The van der Waals surface area contributed by atoms with E-state index in [0.717, 1.165) is 85.3 Å². The van der Waals surface area contributed by atoms with Gasteiger partial charge >= 0.3 is 0 Å². The Morgan fingerprint density at radius 2 is 0.824 bits per heavy atom. The Kier molecular flexibility index (Phi) is 6.47. The molecule has 51 heavy (non-hydrogen) atoms. The highest BCUT2D eigenvalue weighted by molar-refractivity contribution is 6.25. The zero-order valence-corrected chi connectivity index (χ0v) is 29.8. The van der Waals surface area contributed by atoms with Gasteiger partial charge in [-0.2, -0.15) is 0 Å². The molecule has 0 saturated heterocycles. The summed E-state index contributed by atoms with van der Waals surface area (Å²) in [6.07, 6.45) is 3.30. The van der Waals surface area contributed by atoms with Gasteiger partial charge in [0.05, 0.1) is 5.48 Å². The molecule has 1 aliphatic carbocycles. The molecule has 0 saturated carbocycles. The highest BCUT2D eigenvalue weighted by atomic mass is 14.4. The normalized spacial score (nSPS) is 16.2. The average Bonchev–Trinajstić information content (AvgIpc) is 3.29. The molecule has 0 aliphatic heterocycles. The Balaban J connectivity index is 1.49. The van der Waals surface area contributed by atoms with Crippen LogP contribution in [0.25, 0.3) is 76.8 Å². The molecule has 0 amide bonds. The van der Waals surface area contributed by atoms with Crippen LogP contribution in [0, 0.1) is 0 Å². The van der Waals surface area contributed by atoms with Crippen LogP contribution in [0.5, 0.6) is 0 Å². The summed E-state index contributed by atoms with van der Waals surface area (Å²) < 4.78 is 37.5. The number of hydrogen-bond acceptors (Lipinski definition) is 0.